The first-order valence-electron chi connectivity index (χ1n) is 12.7. The molecule has 1 fully saturated rings. The lowest BCUT2D eigenvalue weighted by molar-refractivity contribution is 0.0430. The molecule has 1 atom stereocenters. The van der Waals surface area contributed by atoms with Gasteiger partial charge >= 0.3 is 0 Å². The minimum absolute atomic E-state index is 0.00535. The van der Waals surface area contributed by atoms with E-state index in [0.717, 1.165) is 62.3 Å². The van der Waals surface area contributed by atoms with Crippen LogP contribution < -0.4 is 10.1 Å². The zero-order valence-corrected chi connectivity index (χ0v) is 20.4. The van der Waals surface area contributed by atoms with E-state index in [9.17, 15) is 9.90 Å². The fourth-order valence-electron chi connectivity index (χ4n) is 5.72. The van der Waals surface area contributed by atoms with Crippen molar-refractivity contribution in [2.45, 2.75) is 57.3 Å². The quantitative estimate of drug-likeness (QED) is 0.690. The predicted octanol–water partition coefficient (Wildman–Crippen LogP) is 2.97. The van der Waals surface area contributed by atoms with Crippen molar-refractivity contribution in [2.24, 2.45) is 0 Å². The van der Waals surface area contributed by atoms with Crippen LogP contribution in [0.15, 0.2) is 42.5 Å². The van der Waals surface area contributed by atoms with Crippen LogP contribution in [0.2, 0.25) is 0 Å². The Kier molecular flexibility index (Phi) is 6.65. The Hall–Kier alpha value is -2.41. The topological polar surface area (TPSA) is 65.0 Å². The Morgan fingerprint density at radius 3 is 2.68 bits per heavy atom. The number of amides is 1. The van der Waals surface area contributed by atoms with Gasteiger partial charge in [-0.1, -0.05) is 38.1 Å². The summed E-state index contributed by atoms with van der Waals surface area (Å²) in [7, 11) is 0. The Bertz CT molecular complexity index is 1030. The number of aliphatic hydroxyl groups excluding tert-OH is 1. The molecule has 2 aromatic rings. The second kappa shape index (κ2) is 9.68. The van der Waals surface area contributed by atoms with Gasteiger partial charge in [0.25, 0.3) is 5.91 Å². The third-order valence-corrected chi connectivity index (χ3v) is 7.52. The molecule has 1 saturated heterocycles. The third kappa shape index (κ3) is 4.99. The normalized spacial score (nSPS) is 21.6. The second-order valence-corrected chi connectivity index (χ2v) is 10.8. The summed E-state index contributed by atoms with van der Waals surface area (Å²) in [5.41, 5.74) is 4.31. The van der Waals surface area contributed by atoms with E-state index in [-0.39, 0.29) is 17.4 Å². The molecule has 0 aromatic heterocycles. The van der Waals surface area contributed by atoms with Crippen LogP contribution in [0.5, 0.6) is 5.75 Å². The highest BCUT2D eigenvalue weighted by Crippen LogP contribution is 2.36. The van der Waals surface area contributed by atoms with Gasteiger partial charge < -0.3 is 20.1 Å². The summed E-state index contributed by atoms with van der Waals surface area (Å²) in [6.45, 7) is 9.64. The lowest BCUT2D eigenvalue weighted by Crippen LogP contribution is -2.51. The molecule has 5 rings (SSSR count). The van der Waals surface area contributed by atoms with Gasteiger partial charge in [0.05, 0.1) is 6.10 Å². The maximum atomic E-state index is 13.3. The van der Waals surface area contributed by atoms with Crippen LogP contribution in [0.3, 0.4) is 0 Å². The number of nitrogens with zero attached hydrogens (tertiary/aromatic N) is 2. The van der Waals surface area contributed by atoms with Gasteiger partial charge in [-0.2, -0.15) is 0 Å². The summed E-state index contributed by atoms with van der Waals surface area (Å²) in [4.78, 5) is 17.5. The van der Waals surface area contributed by atoms with E-state index < -0.39 is 6.10 Å². The van der Waals surface area contributed by atoms with Gasteiger partial charge in [-0.3, -0.25) is 9.69 Å². The van der Waals surface area contributed by atoms with Crippen molar-refractivity contribution in [2.75, 3.05) is 39.3 Å². The first-order chi connectivity index (χ1) is 16.4. The third-order valence-electron chi connectivity index (χ3n) is 7.52. The number of hydrogen-bond donors (Lipinski definition) is 2. The molecule has 0 saturated carbocycles. The molecule has 34 heavy (non-hydrogen) atoms. The average Bonchev–Trinajstić information content (AvgIpc) is 2.83. The standard InChI is InChI=1S/C28H37N3O3/c1-28(2)19-31(18-22(32)17-30-14-11-20-5-3-4-6-21(20)16-30)27(33)25-8-7-24(15-26(25)28)34-23-9-12-29-13-10-23/h3-8,15,22-23,29,32H,9-14,16-19H2,1-2H3. The van der Waals surface area contributed by atoms with Crippen molar-refractivity contribution in [1.82, 2.24) is 15.1 Å². The van der Waals surface area contributed by atoms with E-state index in [4.69, 9.17) is 4.74 Å². The molecule has 6 nitrogen and oxygen atoms in total. The largest absolute Gasteiger partial charge is 0.490 e. The number of rotatable bonds is 6. The first kappa shape index (κ1) is 23.3. The molecule has 3 aliphatic heterocycles. The molecule has 1 unspecified atom stereocenters. The van der Waals surface area contributed by atoms with E-state index in [1.54, 1.807) is 0 Å². The summed E-state index contributed by atoms with van der Waals surface area (Å²) in [5, 5.41) is 14.3. The van der Waals surface area contributed by atoms with Gasteiger partial charge in [0.1, 0.15) is 11.9 Å². The van der Waals surface area contributed by atoms with Gasteiger partial charge in [-0.05, 0) is 67.2 Å². The van der Waals surface area contributed by atoms with E-state index in [0.29, 0.717) is 19.6 Å². The number of aliphatic hydroxyl groups is 1. The van der Waals surface area contributed by atoms with Gasteiger partial charge in [0.15, 0.2) is 0 Å². The van der Waals surface area contributed by atoms with Crippen LogP contribution in [0, 0.1) is 0 Å². The Morgan fingerprint density at radius 2 is 1.88 bits per heavy atom. The highest BCUT2D eigenvalue weighted by molar-refractivity contribution is 5.97. The first-order valence-corrected chi connectivity index (χ1v) is 12.7. The van der Waals surface area contributed by atoms with Crippen molar-refractivity contribution >= 4 is 5.91 Å². The molecule has 0 spiro atoms. The second-order valence-electron chi connectivity index (χ2n) is 10.8. The smallest absolute Gasteiger partial charge is 0.254 e. The van der Waals surface area contributed by atoms with Crippen molar-refractivity contribution in [1.29, 1.82) is 0 Å². The molecule has 3 heterocycles. The molecule has 3 aliphatic rings. The number of piperidine rings is 1. The van der Waals surface area contributed by atoms with Crippen LogP contribution in [-0.2, 0) is 18.4 Å². The van der Waals surface area contributed by atoms with E-state index in [1.165, 1.54) is 11.1 Å². The number of carbonyl (C=O) groups is 1. The number of carbonyl (C=O) groups excluding carboxylic acids is 1. The zero-order valence-electron chi connectivity index (χ0n) is 20.4. The minimum Gasteiger partial charge on any atom is -0.490 e. The maximum absolute atomic E-state index is 13.3. The van der Waals surface area contributed by atoms with Crippen molar-refractivity contribution in [3.63, 3.8) is 0 Å². The van der Waals surface area contributed by atoms with Gasteiger partial charge in [0.2, 0.25) is 0 Å². The summed E-state index contributed by atoms with van der Waals surface area (Å²) in [6, 6.07) is 14.4. The van der Waals surface area contributed by atoms with Gasteiger partial charge in [-0.25, -0.2) is 0 Å². The fraction of sp³-hybridized carbons (Fsp3) is 0.536. The van der Waals surface area contributed by atoms with Gasteiger partial charge in [-0.15, -0.1) is 0 Å². The lowest BCUT2D eigenvalue weighted by Gasteiger charge is -2.41. The van der Waals surface area contributed by atoms with E-state index in [1.807, 2.05) is 17.0 Å². The number of β-amino-alcohol motifs (C(OH)–C–C–N with tert-alkyl or cyclic N) is 1. The Labute approximate surface area is 202 Å². The fourth-order valence-corrected chi connectivity index (χ4v) is 5.72. The highest BCUT2D eigenvalue weighted by Gasteiger charge is 2.38. The number of fused-ring (bicyclic) bond motifs is 2. The number of benzene rings is 2. The molecule has 0 bridgehead atoms. The molecule has 182 valence electrons. The zero-order chi connectivity index (χ0) is 23.7. The number of nitrogens with one attached hydrogen (secondary N) is 1. The summed E-state index contributed by atoms with van der Waals surface area (Å²) >= 11 is 0. The van der Waals surface area contributed by atoms with Crippen LogP contribution in [0.25, 0.3) is 0 Å². The molecular formula is C28H37N3O3. The summed E-state index contributed by atoms with van der Waals surface area (Å²) in [5.74, 6) is 0.858. The maximum Gasteiger partial charge on any atom is 0.254 e. The summed E-state index contributed by atoms with van der Waals surface area (Å²) < 4.78 is 6.24. The van der Waals surface area contributed by atoms with Gasteiger partial charge in [0, 0.05) is 43.7 Å². The predicted molar refractivity (Wildman–Crippen MR) is 133 cm³/mol. The molecule has 2 N–H and O–H groups in total. The monoisotopic (exact) mass is 463 g/mol. The molecule has 1 amide bonds. The van der Waals surface area contributed by atoms with Crippen LogP contribution in [0.4, 0.5) is 0 Å². The molecule has 0 aliphatic carbocycles. The van der Waals surface area contributed by atoms with Crippen molar-refractivity contribution < 1.29 is 14.6 Å². The number of ether oxygens (including phenoxy) is 1. The molecular weight excluding hydrogens is 426 g/mol. The summed E-state index contributed by atoms with van der Waals surface area (Å²) in [6.07, 6.45) is 2.68. The average molecular weight is 464 g/mol. The van der Waals surface area contributed by atoms with E-state index in [2.05, 4.69) is 54.4 Å². The molecule has 2 aromatic carbocycles. The van der Waals surface area contributed by atoms with Crippen LogP contribution >= 0.6 is 0 Å². The van der Waals surface area contributed by atoms with E-state index >= 15 is 0 Å². The molecule has 0 radical (unpaired) electrons. The lowest BCUT2D eigenvalue weighted by atomic mass is 9.78. The van der Waals surface area contributed by atoms with Crippen LogP contribution in [0.1, 0.15) is 53.7 Å². The van der Waals surface area contributed by atoms with Crippen molar-refractivity contribution in [3.8, 4) is 5.75 Å². The Balaban J connectivity index is 1.24. The SMILES string of the molecule is CC1(C)CN(CC(O)CN2CCc3ccccc3C2)C(=O)c2ccc(OC3CCNCC3)cc21. The van der Waals surface area contributed by atoms with Crippen LogP contribution in [-0.4, -0.2) is 72.3 Å². The molecule has 6 heteroatoms. The number of hydrogen-bond acceptors (Lipinski definition) is 5. The van der Waals surface area contributed by atoms with Crippen molar-refractivity contribution in [3.05, 3.63) is 64.7 Å². The Morgan fingerprint density at radius 1 is 1.12 bits per heavy atom. The minimum atomic E-state index is -0.575. The highest BCUT2D eigenvalue weighted by atomic mass is 16.5.